The van der Waals surface area contributed by atoms with Crippen LogP contribution in [0.2, 0.25) is 0 Å². The largest absolute Gasteiger partial charge is 0.468 e. The number of hydrogen-bond donors (Lipinski definition) is 2. The first-order chi connectivity index (χ1) is 10.3. The summed E-state index contributed by atoms with van der Waals surface area (Å²) in [6.07, 6.45) is 0.277. The number of ether oxygens (including phenoxy) is 1. The zero-order valence-corrected chi connectivity index (χ0v) is 12.5. The third-order valence-corrected chi connectivity index (χ3v) is 4.83. The number of hydrogen-bond acceptors (Lipinski definition) is 7. The molecule has 1 saturated heterocycles. The molecule has 22 heavy (non-hydrogen) atoms. The topological polar surface area (TPSA) is 128 Å². The normalized spacial score (nSPS) is 21.5. The van der Waals surface area contributed by atoms with Gasteiger partial charge in [0.2, 0.25) is 10.0 Å². The molecular formula is C12H15N3O6S. The summed E-state index contributed by atoms with van der Waals surface area (Å²) >= 11 is 0. The van der Waals surface area contributed by atoms with Gasteiger partial charge in [-0.05, 0) is 18.6 Å². The lowest BCUT2D eigenvalue weighted by atomic mass is 10.2. The minimum Gasteiger partial charge on any atom is -0.468 e. The van der Waals surface area contributed by atoms with Crippen LogP contribution < -0.4 is 10.0 Å². The van der Waals surface area contributed by atoms with Crippen LogP contribution in [0.4, 0.5) is 5.69 Å². The molecule has 1 aromatic carbocycles. The van der Waals surface area contributed by atoms with E-state index in [9.17, 15) is 23.3 Å². The third kappa shape index (κ3) is 3.59. The first-order valence-electron chi connectivity index (χ1n) is 6.41. The molecule has 1 aliphatic rings. The van der Waals surface area contributed by atoms with Gasteiger partial charge in [-0.1, -0.05) is 0 Å². The van der Waals surface area contributed by atoms with Crippen LogP contribution in [0.5, 0.6) is 0 Å². The maximum absolute atomic E-state index is 12.2. The van der Waals surface area contributed by atoms with Crippen molar-refractivity contribution in [2.75, 3.05) is 13.7 Å². The standard InChI is InChI=1S/C12H15N3O6S/c1-21-12(16)11-6-8(7-13-11)14-22(19,20)10-4-2-9(3-5-10)15(17)18/h2-5,8,11,13-14H,6-7H2,1H3/t8-,11+/m1/s1. The lowest BCUT2D eigenvalue weighted by molar-refractivity contribution is -0.384. The fraction of sp³-hybridized carbons (Fsp3) is 0.417. The highest BCUT2D eigenvalue weighted by molar-refractivity contribution is 7.89. The van der Waals surface area contributed by atoms with Gasteiger partial charge in [-0.2, -0.15) is 0 Å². The Balaban J connectivity index is 2.05. The summed E-state index contributed by atoms with van der Waals surface area (Å²) in [6, 6.07) is 3.58. The summed E-state index contributed by atoms with van der Waals surface area (Å²) in [4.78, 5) is 21.3. The minimum absolute atomic E-state index is 0.0698. The molecule has 0 saturated carbocycles. The number of nitrogens with zero attached hydrogens (tertiary/aromatic N) is 1. The molecule has 120 valence electrons. The van der Waals surface area contributed by atoms with Crippen LogP contribution >= 0.6 is 0 Å². The van der Waals surface area contributed by atoms with Crippen molar-refractivity contribution < 1.29 is 22.9 Å². The van der Waals surface area contributed by atoms with Crippen molar-refractivity contribution in [1.29, 1.82) is 0 Å². The zero-order valence-electron chi connectivity index (χ0n) is 11.7. The second-order valence-corrected chi connectivity index (χ2v) is 6.50. The third-order valence-electron chi connectivity index (χ3n) is 3.30. The second kappa shape index (κ2) is 6.38. The van der Waals surface area contributed by atoms with Gasteiger partial charge < -0.3 is 10.1 Å². The van der Waals surface area contributed by atoms with Crippen LogP contribution in [0, 0.1) is 10.1 Å². The molecule has 2 N–H and O–H groups in total. The number of nitrogens with one attached hydrogen (secondary N) is 2. The van der Waals surface area contributed by atoms with Crippen LogP contribution in [0.15, 0.2) is 29.2 Å². The van der Waals surface area contributed by atoms with Crippen LogP contribution in [-0.2, 0) is 19.6 Å². The number of carbonyl (C=O) groups excluding carboxylic acids is 1. The Morgan fingerprint density at radius 1 is 1.41 bits per heavy atom. The van der Waals surface area contributed by atoms with Gasteiger partial charge in [0.05, 0.1) is 16.9 Å². The smallest absolute Gasteiger partial charge is 0.322 e. The number of esters is 1. The highest BCUT2D eigenvalue weighted by atomic mass is 32.2. The highest BCUT2D eigenvalue weighted by Gasteiger charge is 2.32. The average molecular weight is 329 g/mol. The predicted molar refractivity (Wildman–Crippen MR) is 75.6 cm³/mol. The molecule has 10 heteroatoms. The van der Waals surface area contributed by atoms with E-state index in [1.807, 2.05) is 0 Å². The molecule has 0 bridgehead atoms. The number of nitro groups is 1. The van der Waals surface area contributed by atoms with Gasteiger partial charge in [0.15, 0.2) is 0 Å². The fourth-order valence-electron chi connectivity index (χ4n) is 2.18. The van der Waals surface area contributed by atoms with E-state index in [0.29, 0.717) is 6.54 Å². The maximum atomic E-state index is 12.2. The minimum atomic E-state index is -3.81. The van der Waals surface area contributed by atoms with E-state index < -0.39 is 33.0 Å². The summed E-state index contributed by atoms with van der Waals surface area (Å²) in [5.41, 5.74) is -0.188. The number of rotatable bonds is 5. The van der Waals surface area contributed by atoms with Gasteiger partial charge in [-0.25, -0.2) is 13.1 Å². The molecule has 1 fully saturated rings. The Morgan fingerprint density at radius 2 is 2.05 bits per heavy atom. The summed E-state index contributed by atoms with van der Waals surface area (Å²) in [6.45, 7) is 0.298. The van der Waals surface area contributed by atoms with Crippen LogP contribution in [0.1, 0.15) is 6.42 Å². The first-order valence-corrected chi connectivity index (χ1v) is 7.90. The summed E-state index contributed by atoms with van der Waals surface area (Å²) in [5.74, 6) is -0.447. The molecule has 0 amide bonds. The van der Waals surface area contributed by atoms with Crippen molar-refractivity contribution in [3.63, 3.8) is 0 Å². The molecule has 0 spiro atoms. The van der Waals surface area contributed by atoms with Crippen molar-refractivity contribution in [2.45, 2.75) is 23.4 Å². The Bertz CT molecular complexity index is 673. The first kappa shape index (κ1) is 16.3. The number of nitro benzene ring substituents is 1. The van der Waals surface area contributed by atoms with Gasteiger partial charge in [0, 0.05) is 24.7 Å². The molecule has 1 aromatic rings. The van der Waals surface area contributed by atoms with E-state index in [2.05, 4.69) is 14.8 Å². The van der Waals surface area contributed by atoms with E-state index in [1.165, 1.54) is 19.2 Å². The predicted octanol–water partition coefficient (Wildman–Crippen LogP) is -0.223. The Morgan fingerprint density at radius 3 is 2.59 bits per heavy atom. The maximum Gasteiger partial charge on any atom is 0.322 e. The lowest BCUT2D eigenvalue weighted by Crippen LogP contribution is -2.36. The molecule has 2 rings (SSSR count). The molecule has 0 radical (unpaired) electrons. The Labute approximate surface area is 126 Å². The van der Waals surface area contributed by atoms with Gasteiger partial charge in [-0.15, -0.1) is 0 Å². The van der Waals surface area contributed by atoms with Crippen molar-refractivity contribution in [1.82, 2.24) is 10.0 Å². The SMILES string of the molecule is COC(=O)[C@@H]1C[C@@H](NS(=O)(=O)c2ccc([N+](=O)[O-])cc2)CN1. The second-order valence-electron chi connectivity index (χ2n) is 4.79. The molecule has 2 atom stereocenters. The van der Waals surface area contributed by atoms with Gasteiger partial charge in [0.25, 0.3) is 5.69 Å². The molecule has 1 heterocycles. The number of benzene rings is 1. The average Bonchev–Trinajstić information content (AvgIpc) is 2.94. The summed E-state index contributed by atoms with van der Waals surface area (Å²) in [7, 11) is -2.54. The van der Waals surface area contributed by atoms with Gasteiger partial charge in [-0.3, -0.25) is 14.9 Å². The number of carbonyl (C=O) groups is 1. The Kier molecular flexibility index (Phi) is 4.74. The molecule has 1 aliphatic heterocycles. The van der Waals surface area contributed by atoms with E-state index in [4.69, 9.17) is 0 Å². The molecule has 9 nitrogen and oxygen atoms in total. The molecule has 0 aliphatic carbocycles. The van der Waals surface area contributed by atoms with Crippen molar-refractivity contribution in [3.05, 3.63) is 34.4 Å². The Hall–Kier alpha value is -2.04. The van der Waals surface area contributed by atoms with E-state index in [-0.39, 0.29) is 17.0 Å². The molecule has 0 unspecified atom stereocenters. The summed E-state index contributed by atoms with van der Waals surface area (Å²) < 4.78 is 31.4. The number of non-ortho nitro benzene ring substituents is 1. The van der Waals surface area contributed by atoms with E-state index >= 15 is 0 Å². The lowest BCUT2D eigenvalue weighted by Gasteiger charge is -2.12. The summed E-state index contributed by atoms with van der Waals surface area (Å²) in [5, 5.41) is 13.4. The monoisotopic (exact) mass is 329 g/mol. The quantitative estimate of drug-likeness (QED) is 0.434. The number of sulfonamides is 1. The fourth-order valence-corrected chi connectivity index (χ4v) is 3.43. The van der Waals surface area contributed by atoms with E-state index in [1.54, 1.807) is 0 Å². The van der Waals surface area contributed by atoms with Crippen LogP contribution in [-0.4, -0.2) is 45.0 Å². The zero-order chi connectivity index (χ0) is 16.3. The van der Waals surface area contributed by atoms with Gasteiger partial charge in [0.1, 0.15) is 6.04 Å². The highest BCUT2D eigenvalue weighted by Crippen LogP contribution is 2.17. The van der Waals surface area contributed by atoms with E-state index in [0.717, 1.165) is 12.1 Å². The number of methoxy groups -OCH3 is 1. The van der Waals surface area contributed by atoms with Crippen molar-refractivity contribution in [2.24, 2.45) is 0 Å². The molecular weight excluding hydrogens is 314 g/mol. The van der Waals surface area contributed by atoms with Crippen LogP contribution in [0.3, 0.4) is 0 Å². The van der Waals surface area contributed by atoms with Crippen LogP contribution in [0.25, 0.3) is 0 Å². The van der Waals surface area contributed by atoms with Gasteiger partial charge >= 0.3 is 5.97 Å². The van der Waals surface area contributed by atoms with Crippen molar-refractivity contribution >= 4 is 21.7 Å². The molecule has 0 aromatic heterocycles. The van der Waals surface area contributed by atoms with Crippen molar-refractivity contribution in [3.8, 4) is 0 Å².